The van der Waals surface area contributed by atoms with Crippen LogP contribution in [-0.4, -0.2) is 26.6 Å². The molecule has 0 bridgehead atoms. The number of unbranched alkanes of at least 4 members (excludes halogenated alkanes) is 2. The lowest BCUT2D eigenvalue weighted by Gasteiger charge is -2.04. The molecule has 0 radical (unpaired) electrons. The smallest absolute Gasteiger partial charge is 0.211 e. The molecule has 0 aliphatic heterocycles. The van der Waals surface area contributed by atoms with Gasteiger partial charge in [0.15, 0.2) is 0 Å². The van der Waals surface area contributed by atoms with Gasteiger partial charge in [0, 0.05) is 12.4 Å². The Bertz CT molecular complexity index is 204. The summed E-state index contributed by atoms with van der Waals surface area (Å²) in [4.78, 5) is 0. The van der Waals surface area contributed by atoms with Crippen molar-refractivity contribution >= 4 is 21.6 Å². The van der Waals surface area contributed by atoms with Crippen molar-refractivity contribution in [3.8, 4) is 0 Å². The second-order valence-corrected chi connectivity index (χ2v) is 5.27. The van der Waals surface area contributed by atoms with Crippen LogP contribution in [0.25, 0.3) is 0 Å². The van der Waals surface area contributed by atoms with Gasteiger partial charge in [0.05, 0.1) is 5.75 Å². The minimum atomic E-state index is -3.00. The highest BCUT2D eigenvalue weighted by molar-refractivity contribution is 7.89. The molecule has 0 aromatic carbocycles. The van der Waals surface area contributed by atoms with Gasteiger partial charge in [-0.2, -0.15) is 0 Å². The van der Waals surface area contributed by atoms with E-state index in [1.807, 2.05) is 6.92 Å². The number of halogens is 1. The quantitative estimate of drug-likeness (QED) is 0.507. The fraction of sp³-hybridized carbons (Fsp3) is 1.00. The van der Waals surface area contributed by atoms with Crippen molar-refractivity contribution in [3.63, 3.8) is 0 Å². The first-order valence-electron chi connectivity index (χ1n) is 4.65. The molecule has 0 saturated carbocycles. The molecule has 13 heavy (non-hydrogen) atoms. The summed E-state index contributed by atoms with van der Waals surface area (Å²) in [6, 6.07) is 0. The number of alkyl halides is 1. The molecule has 5 heteroatoms. The standard InChI is InChI=1S/C8H18ClNO2S/c1-2-8-13(11,12)10-7-5-3-4-6-9/h10H,2-8H2,1H3. The predicted molar refractivity (Wildman–Crippen MR) is 56.7 cm³/mol. The van der Waals surface area contributed by atoms with E-state index in [1.54, 1.807) is 0 Å². The highest BCUT2D eigenvalue weighted by atomic mass is 35.5. The Balaban J connectivity index is 3.41. The summed E-state index contributed by atoms with van der Waals surface area (Å²) >= 11 is 5.48. The zero-order valence-corrected chi connectivity index (χ0v) is 9.62. The molecule has 80 valence electrons. The minimum absolute atomic E-state index is 0.225. The number of hydrogen-bond acceptors (Lipinski definition) is 2. The maximum Gasteiger partial charge on any atom is 0.211 e. The Morgan fingerprint density at radius 3 is 2.46 bits per heavy atom. The van der Waals surface area contributed by atoms with Gasteiger partial charge in [0.1, 0.15) is 0 Å². The van der Waals surface area contributed by atoms with Crippen LogP contribution in [0.3, 0.4) is 0 Å². The van der Waals surface area contributed by atoms with Crippen LogP contribution in [0, 0.1) is 0 Å². The highest BCUT2D eigenvalue weighted by Crippen LogP contribution is 1.96. The normalized spacial score (nSPS) is 11.8. The minimum Gasteiger partial charge on any atom is -0.215 e. The van der Waals surface area contributed by atoms with Crippen molar-refractivity contribution < 1.29 is 8.42 Å². The molecule has 0 spiro atoms. The van der Waals surface area contributed by atoms with Crippen LogP contribution >= 0.6 is 11.6 Å². The fourth-order valence-electron chi connectivity index (χ4n) is 0.965. The summed E-state index contributed by atoms with van der Waals surface area (Å²) in [7, 11) is -3.00. The van der Waals surface area contributed by atoms with Crippen molar-refractivity contribution in [2.24, 2.45) is 0 Å². The number of sulfonamides is 1. The molecule has 0 rings (SSSR count). The van der Waals surface area contributed by atoms with E-state index in [2.05, 4.69) is 4.72 Å². The summed E-state index contributed by atoms with van der Waals surface area (Å²) in [5.74, 6) is 0.879. The van der Waals surface area contributed by atoms with Gasteiger partial charge in [-0.1, -0.05) is 13.3 Å². The van der Waals surface area contributed by atoms with Gasteiger partial charge in [0.25, 0.3) is 0 Å². The molecule has 0 unspecified atom stereocenters. The van der Waals surface area contributed by atoms with Crippen molar-refractivity contribution in [2.75, 3.05) is 18.2 Å². The van der Waals surface area contributed by atoms with E-state index in [4.69, 9.17) is 11.6 Å². The van der Waals surface area contributed by atoms with Gasteiger partial charge < -0.3 is 0 Å². The monoisotopic (exact) mass is 227 g/mol. The van der Waals surface area contributed by atoms with Crippen LogP contribution in [0.1, 0.15) is 32.6 Å². The Labute approximate surface area is 85.9 Å². The molecule has 0 aromatic heterocycles. The van der Waals surface area contributed by atoms with Crippen LogP contribution < -0.4 is 4.72 Å². The van der Waals surface area contributed by atoms with Crippen LogP contribution in [-0.2, 0) is 10.0 Å². The highest BCUT2D eigenvalue weighted by Gasteiger charge is 2.06. The number of hydrogen-bond donors (Lipinski definition) is 1. The lowest BCUT2D eigenvalue weighted by molar-refractivity contribution is 0.575. The zero-order valence-electron chi connectivity index (χ0n) is 8.05. The van der Waals surface area contributed by atoms with Crippen LogP contribution in [0.4, 0.5) is 0 Å². The van der Waals surface area contributed by atoms with E-state index >= 15 is 0 Å². The Morgan fingerprint density at radius 1 is 1.23 bits per heavy atom. The molecule has 0 atom stereocenters. The van der Waals surface area contributed by atoms with Crippen LogP contribution in [0.15, 0.2) is 0 Å². The summed E-state index contributed by atoms with van der Waals surface area (Å²) in [5, 5.41) is 0. The van der Waals surface area contributed by atoms with Crippen molar-refractivity contribution in [1.82, 2.24) is 4.72 Å². The molecule has 0 fully saturated rings. The first-order valence-corrected chi connectivity index (χ1v) is 6.84. The van der Waals surface area contributed by atoms with E-state index in [0.29, 0.717) is 18.8 Å². The SMILES string of the molecule is CCCS(=O)(=O)NCCCCCCl. The van der Waals surface area contributed by atoms with Crippen molar-refractivity contribution in [1.29, 1.82) is 0 Å². The second kappa shape index (κ2) is 7.59. The molecule has 0 aliphatic rings. The molecule has 0 heterocycles. The lowest BCUT2D eigenvalue weighted by atomic mass is 10.2. The average molecular weight is 228 g/mol. The maximum atomic E-state index is 11.1. The second-order valence-electron chi connectivity index (χ2n) is 2.96. The third kappa shape index (κ3) is 8.53. The third-order valence-corrected chi connectivity index (χ3v) is 3.46. The van der Waals surface area contributed by atoms with Gasteiger partial charge in [-0.05, 0) is 19.3 Å². The number of rotatable bonds is 8. The Hall–Kier alpha value is 0.200. The average Bonchev–Trinajstić information content (AvgIpc) is 2.04. The van der Waals surface area contributed by atoms with E-state index in [1.165, 1.54) is 0 Å². The molecule has 0 aromatic rings. The molecule has 0 saturated heterocycles. The van der Waals surface area contributed by atoms with E-state index in [9.17, 15) is 8.42 Å². The van der Waals surface area contributed by atoms with Crippen molar-refractivity contribution in [2.45, 2.75) is 32.6 Å². The van der Waals surface area contributed by atoms with E-state index in [-0.39, 0.29) is 5.75 Å². The van der Waals surface area contributed by atoms with E-state index in [0.717, 1.165) is 19.3 Å². The summed E-state index contributed by atoms with van der Waals surface area (Å²) in [6.45, 7) is 2.39. The number of nitrogens with one attached hydrogen (secondary N) is 1. The van der Waals surface area contributed by atoms with Gasteiger partial charge in [-0.15, -0.1) is 11.6 Å². The molecular formula is C8H18ClNO2S. The molecule has 1 N–H and O–H groups in total. The Morgan fingerprint density at radius 2 is 1.92 bits per heavy atom. The van der Waals surface area contributed by atoms with Crippen LogP contribution in [0.2, 0.25) is 0 Å². The molecular weight excluding hydrogens is 210 g/mol. The first-order chi connectivity index (χ1) is 6.12. The molecule has 0 aliphatic carbocycles. The van der Waals surface area contributed by atoms with Gasteiger partial charge >= 0.3 is 0 Å². The Kier molecular flexibility index (Phi) is 7.71. The van der Waals surface area contributed by atoms with Crippen molar-refractivity contribution in [3.05, 3.63) is 0 Å². The molecule has 0 amide bonds. The summed E-state index contributed by atoms with van der Waals surface area (Å²) < 4.78 is 24.8. The maximum absolute atomic E-state index is 11.1. The van der Waals surface area contributed by atoms with Gasteiger partial charge in [0.2, 0.25) is 10.0 Å². The topological polar surface area (TPSA) is 46.2 Å². The predicted octanol–water partition coefficient (Wildman–Crippen LogP) is 1.72. The summed E-state index contributed by atoms with van der Waals surface area (Å²) in [6.07, 6.45) is 3.47. The zero-order chi connectivity index (χ0) is 10.2. The first kappa shape index (κ1) is 13.2. The third-order valence-electron chi connectivity index (χ3n) is 1.61. The largest absolute Gasteiger partial charge is 0.215 e. The van der Waals surface area contributed by atoms with Gasteiger partial charge in [-0.25, -0.2) is 13.1 Å². The lowest BCUT2D eigenvalue weighted by Crippen LogP contribution is -2.27. The fourth-order valence-corrected chi connectivity index (χ4v) is 2.29. The summed E-state index contributed by atoms with van der Waals surface area (Å²) in [5.41, 5.74) is 0. The van der Waals surface area contributed by atoms with Crippen LogP contribution in [0.5, 0.6) is 0 Å². The van der Waals surface area contributed by atoms with Gasteiger partial charge in [-0.3, -0.25) is 0 Å². The van der Waals surface area contributed by atoms with E-state index < -0.39 is 10.0 Å². The molecule has 3 nitrogen and oxygen atoms in total.